The fraction of sp³-hybridized carbons (Fsp3) is 0.278. The van der Waals surface area contributed by atoms with Crippen LogP contribution in [-0.4, -0.2) is 9.55 Å². The first-order chi connectivity index (χ1) is 10.6. The van der Waals surface area contributed by atoms with E-state index in [1.165, 1.54) is 5.56 Å². The molecule has 0 aliphatic heterocycles. The van der Waals surface area contributed by atoms with Crippen LogP contribution in [0.1, 0.15) is 31.3 Å². The van der Waals surface area contributed by atoms with E-state index in [-0.39, 0.29) is 6.04 Å². The molecule has 0 bridgehead atoms. The lowest BCUT2D eigenvalue weighted by molar-refractivity contribution is 0.475. The normalized spacial score (nSPS) is 13.0. The zero-order valence-corrected chi connectivity index (χ0v) is 13.6. The predicted molar refractivity (Wildman–Crippen MR) is 92.1 cm³/mol. The van der Waals surface area contributed by atoms with Gasteiger partial charge < -0.3 is 10.3 Å². The van der Waals surface area contributed by atoms with Crippen LogP contribution in [0.2, 0.25) is 5.02 Å². The zero-order valence-electron chi connectivity index (χ0n) is 12.8. The molecule has 2 N–H and O–H groups in total. The topological polar surface area (TPSA) is 43.8 Å². The lowest BCUT2D eigenvalue weighted by Gasteiger charge is -2.17. The van der Waals surface area contributed by atoms with Crippen LogP contribution in [0.4, 0.5) is 0 Å². The minimum absolute atomic E-state index is 0.0836. The van der Waals surface area contributed by atoms with Crippen molar-refractivity contribution in [3.05, 3.63) is 64.9 Å². The summed E-state index contributed by atoms with van der Waals surface area (Å²) in [6.07, 6.45) is 0. The predicted octanol–water partition coefficient (Wildman–Crippen LogP) is 4.39. The summed E-state index contributed by atoms with van der Waals surface area (Å²) in [5.74, 6) is 1.27. The highest BCUT2D eigenvalue weighted by molar-refractivity contribution is 6.30. The Bertz CT molecular complexity index is 775. The van der Waals surface area contributed by atoms with Gasteiger partial charge in [0.05, 0.1) is 17.1 Å². The molecular weight excluding hydrogens is 294 g/mol. The largest absolute Gasteiger partial charge is 0.322 e. The second kappa shape index (κ2) is 6.11. The third-order valence-electron chi connectivity index (χ3n) is 3.95. The Morgan fingerprint density at radius 3 is 2.45 bits per heavy atom. The van der Waals surface area contributed by atoms with Crippen LogP contribution in [0.15, 0.2) is 48.5 Å². The molecule has 1 heterocycles. The average molecular weight is 314 g/mol. The van der Waals surface area contributed by atoms with Crippen LogP contribution in [-0.2, 0) is 6.54 Å². The van der Waals surface area contributed by atoms with Crippen LogP contribution >= 0.6 is 11.6 Å². The van der Waals surface area contributed by atoms with Gasteiger partial charge in [0.2, 0.25) is 0 Å². The molecule has 0 aliphatic carbocycles. The van der Waals surface area contributed by atoms with Crippen molar-refractivity contribution in [3.8, 4) is 0 Å². The van der Waals surface area contributed by atoms with Gasteiger partial charge in [-0.15, -0.1) is 0 Å². The first kappa shape index (κ1) is 15.1. The van der Waals surface area contributed by atoms with Gasteiger partial charge in [0, 0.05) is 11.6 Å². The molecule has 114 valence electrons. The summed E-state index contributed by atoms with van der Waals surface area (Å²) in [5, 5.41) is 0.748. The van der Waals surface area contributed by atoms with E-state index in [1.807, 2.05) is 42.5 Å². The highest BCUT2D eigenvalue weighted by Crippen LogP contribution is 2.25. The first-order valence-electron chi connectivity index (χ1n) is 7.51. The summed E-state index contributed by atoms with van der Waals surface area (Å²) < 4.78 is 2.21. The number of hydrogen-bond acceptors (Lipinski definition) is 2. The summed E-state index contributed by atoms with van der Waals surface area (Å²) in [7, 11) is 0. The van der Waals surface area contributed by atoms with Gasteiger partial charge in [-0.25, -0.2) is 4.98 Å². The van der Waals surface area contributed by atoms with Crippen LogP contribution in [0.3, 0.4) is 0 Å². The second-order valence-corrected chi connectivity index (χ2v) is 6.38. The number of para-hydroxylation sites is 2. The van der Waals surface area contributed by atoms with Gasteiger partial charge in [0.15, 0.2) is 0 Å². The molecule has 0 unspecified atom stereocenters. The molecule has 3 nitrogen and oxygen atoms in total. The summed E-state index contributed by atoms with van der Waals surface area (Å²) in [5.41, 5.74) is 9.66. The molecule has 4 heteroatoms. The van der Waals surface area contributed by atoms with Gasteiger partial charge in [-0.05, 0) is 35.7 Å². The minimum atomic E-state index is -0.0836. The van der Waals surface area contributed by atoms with Crippen molar-refractivity contribution >= 4 is 22.6 Å². The van der Waals surface area contributed by atoms with E-state index in [0.29, 0.717) is 5.92 Å². The molecule has 0 fully saturated rings. The van der Waals surface area contributed by atoms with Gasteiger partial charge >= 0.3 is 0 Å². The van der Waals surface area contributed by atoms with E-state index in [9.17, 15) is 0 Å². The Kier molecular flexibility index (Phi) is 4.19. The van der Waals surface area contributed by atoms with E-state index >= 15 is 0 Å². The monoisotopic (exact) mass is 313 g/mol. The van der Waals surface area contributed by atoms with E-state index in [0.717, 1.165) is 28.4 Å². The summed E-state index contributed by atoms with van der Waals surface area (Å²) in [4.78, 5) is 4.76. The Morgan fingerprint density at radius 1 is 1.09 bits per heavy atom. The molecule has 3 aromatic rings. The highest BCUT2D eigenvalue weighted by Gasteiger charge is 2.19. The molecule has 2 aromatic carbocycles. The lowest BCUT2D eigenvalue weighted by atomic mass is 10.0. The van der Waals surface area contributed by atoms with Crippen molar-refractivity contribution in [1.82, 2.24) is 9.55 Å². The van der Waals surface area contributed by atoms with Crippen molar-refractivity contribution in [2.45, 2.75) is 26.4 Å². The summed E-state index contributed by atoms with van der Waals surface area (Å²) in [6, 6.07) is 16.0. The summed E-state index contributed by atoms with van der Waals surface area (Å²) in [6.45, 7) is 4.99. The Balaban J connectivity index is 2.09. The van der Waals surface area contributed by atoms with E-state index in [1.54, 1.807) is 0 Å². The maximum atomic E-state index is 6.38. The van der Waals surface area contributed by atoms with E-state index < -0.39 is 0 Å². The number of rotatable bonds is 4. The number of fused-ring (bicyclic) bond motifs is 1. The van der Waals surface area contributed by atoms with Crippen molar-refractivity contribution in [1.29, 1.82) is 0 Å². The third kappa shape index (κ3) is 2.87. The number of nitrogens with zero attached hydrogens (tertiary/aromatic N) is 2. The molecular formula is C18H20ClN3. The lowest BCUT2D eigenvalue weighted by Crippen LogP contribution is -2.22. The quantitative estimate of drug-likeness (QED) is 0.776. The molecule has 0 spiro atoms. The van der Waals surface area contributed by atoms with Crippen LogP contribution in [0.5, 0.6) is 0 Å². The van der Waals surface area contributed by atoms with E-state index in [4.69, 9.17) is 22.3 Å². The smallest absolute Gasteiger partial charge is 0.127 e. The van der Waals surface area contributed by atoms with Gasteiger partial charge in [-0.1, -0.05) is 49.7 Å². The molecule has 1 aromatic heterocycles. The molecule has 0 saturated carbocycles. The van der Waals surface area contributed by atoms with Crippen LogP contribution < -0.4 is 5.73 Å². The number of halogens is 1. The number of benzene rings is 2. The van der Waals surface area contributed by atoms with Crippen molar-refractivity contribution < 1.29 is 0 Å². The molecule has 3 rings (SSSR count). The Morgan fingerprint density at radius 2 is 1.77 bits per heavy atom. The van der Waals surface area contributed by atoms with Crippen molar-refractivity contribution in [3.63, 3.8) is 0 Å². The molecule has 0 saturated heterocycles. The number of aromatic nitrogens is 2. The molecule has 1 atom stereocenters. The van der Waals surface area contributed by atoms with Crippen LogP contribution in [0.25, 0.3) is 11.0 Å². The van der Waals surface area contributed by atoms with Gasteiger partial charge in [-0.3, -0.25) is 0 Å². The second-order valence-electron chi connectivity index (χ2n) is 5.94. The SMILES string of the molecule is CC(C)[C@H](N)c1nc2ccccc2n1Cc1ccc(Cl)cc1. The maximum absolute atomic E-state index is 6.38. The van der Waals surface area contributed by atoms with Gasteiger partial charge in [0.25, 0.3) is 0 Å². The molecule has 0 aliphatic rings. The number of hydrogen-bond donors (Lipinski definition) is 1. The van der Waals surface area contributed by atoms with Crippen LogP contribution in [0, 0.1) is 5.92 Å². The van der Waals surface area contributed by atoms with Gasteiger partial charge in [-0.2, -0.15) is 0 Å². The van der Waals surface area contributed by atoms with E-state index in [2.05, 4.69) is 24.5 Å². The fourth-order valence-corrected chi connectivity index (χ4v) is 2.71. The van der Waals surface area contributed by atoms with Crippen molar-refractivity contribution in [2.75, 3.05) is 0 Å². The Hall–Kier alpha value is -1.84. The standard InChI is InChI=1S/C18H20ClN3/c1-12(2)17(20)18-21-15-5-3-4-6-16(15)22(18)11-13-7-9-14(19)10-8-13/h3-10,12,17H,11,20H2,1-2H3/t17-/m0/s1. The molecule has 22 heavy (non-hydrogen) atoms. The molecule has 0 radical (unpaired) electrons. The minimum Gasteiger partial charge on any atom is -0.322 e. The number of nitrogens with two attached hydrogens (primary N) is 1. The Labute approximate surface area is 135 Å². The molecule has 0 amide bonds. The van der Waals surface area contributed by atoms with Crippen molar-refractivity contribution in [2.24, 2.45) is 11.7 Å². The highest BCUT2D eigenvalue weighted by atomic mass is 35.5. The maximum Gasteiger partial charge on any atom is 0.127 e. The average Bonchev–Trinajstić information content (AvgIpc) is 2.87. The number of imidazole rings is 1. The fourth-order valence-electron chi connectivity index (χ4n) is 2.59. The third-order valence-corrected chi connectivity index (χ3v) is 4.21. The van der Waals surface area contributed by atoms with Gasteiger partial charge in [0.1, 0.15) is 5.82 Å². The summed E-state index contributed by atoms with van der Waals surface area (Å²) >= 11 is 5.97. The first-order valence-corrected chi connectivity index (χ1v) is 7.89. The zero-order chi connectivity index (χ0) is 15.7.